The number of benzene rings is 1. The van der Waals surface area contributed by atoms with Gasteiger partial charge in [-0.05, 0) is 44.4 Å². The van der Waals surface area contributed by atoms with Crippen LogP contribution in [0.15, 0.2) is 18.2 Å². The van der Waals surface area contributed by atoms with Crippen LogP contribution < -0.4 is 5.32 Å². The van der Waals surface area contributed by atoms with Crippen molar-refractivity contribution in [2.45, 2.75) is 39.8 Å². The van der Waals surface area contributed by atoms with Crippen LogP contribution in [0.2, 0.25) is 0 Å². The maximum absolute atomic E-state index is 9.18. The summed E-state index contributed by atoms with van der Waals surface area (Å²) in [6.07, 6.45) is -0.293. The summed E-state index contributed by atoms with van der Waals surface area (Å²) in [5.74, 6) is 0. The molecule has 2 heteroatoms. The molecule has 0 aliphatic heterocycles. The van der Waals surface area contributed by atoms with Crippen molar-refractivity contribution in [3.63, 3.8) is 0 Å². The first-order chi connectivity index (χ1) is 7.00. The number of aryl methyl sites for hydroxylation is 2. The molecule has 84 valence electrons. The Labute approximate surface area is 92.3 Å². The molecule has 1 aromatic rings. The third-order valence-corrected chi connectivity index (χ3v) is 2.75. The van der Waals surface area contributed by atoms with Crippen molar-refractivity contribution in [2.75, 3.05) is 6.54 Å². The Morgan fingerprint density at radius 2 is 1.87 bits per heavy atom. The molecule has 0 saturated heterocycles. The van der Waals surface area contributed by atoms with Gasteiger partial charge in [0.05, 0.1) is 6.10 Å². The highest BCUT2D eigenvalue weighted by Crippen LogP contribution is 2.16. The third-order valence-electron chi connectivity index (χ3n) is 2.75. The summed E-state index contributed by atoms with van der Waals surface area (Å²) in [5, 5.41) is 12.5. The molecule has 0 bridgehead atoms. The first-order valence-corrected chi connectivity index (χ1v) is 5.49. The number of hydrogen-bond acceptors (Lipinski definition) is 2. The van der Waals surface area contributed by atoms with Crippen LogP contribution in [0, 0.1) is 13.8 Å². The van der Waals surface area contributed by atoms with Crippen molar-refractivity contribution >= 4 is 0 Å². The van der Waals surface area contributed by atoms with Gasteiger partial charge in [0, 0.05) is 12.6 Å². The number of rotatable bonds is 4. The van der Waals surface area contributed by atoms with E-state index < -0.39 is 0 Å². The molecule has 2 N–H and O–H groups in total. The first-order valence-electron chi connectivity index (χ1n) is 5.49. The lowest BCUT2D eigenvalue weighted by atomic mass is 10.0. The molecule has 0 aliphatic rings. The average molecular weight is 207 g/mol. The molecule has 0 radical (unpaired) electrons. The minimum Gasteiger partial charge on any atom is -0.392 e. The fraction of sp³-hybridized carbons (Fsp3) is 0.538. The van der Waals surface area contributed by atoms with Crippen molar-refractivity contribution in [3.05, 3.63) is 34.9 Å². The second kappa shape index (κ2) is 5.29. The van der Waals surface area contributed by atoms with E-state index in [4.69, 9.17) is 0 Å². The first kappa shape index (κ1) is 12.2. The number of aliphatic hydroxyl groups is 1. The van der Waals surface area contributed by atoms with Gasteiger partial charge in [-0.1, -0.05) is 18.2 Å². The molecule has 0 spiro atoms. The van der Waals surface area contributed by atoms with Crippen LogP contribution in [-0.2, 0) is 0 Å². The zero-order valence-corrected chi connectivity index (χ0v) is 10.0. The van der Waals surface area contributed by atoms with Gasteiger partial charge in [-0.15, -0.1) is 0 Å². The van der Waals surface area contributed by atoms with E-state index in [1.165, 1.54) is 16.7 Å². The molecule has 0 amide bonds. The standard InChI is InChI=1S/C13H21NO/c1-9-5-6-13(7-10(9)2)12(4)14-8-11(3)15/h5-7,11-12,14-15H,8H2,1-4H3/t11-,12+/m0/s1. The van der Waals surface area contributed by atoms with Gasteiger partial charge in [0.2, 0.25) is 0 Å². The Bertz CT molecular complexity index is 320. The Morgan fingerprint density at radius 1 is 1.20 bits per heavy atom. The van der Waals surface area contributed by atoms with Crippen LogP contribution in [0.3, 0.4) is 0 Å². The van der Waals surface area contributed by atoms with Crippen LogP contribution in [0.5, 0.6) is 0 Å². The molecule has 0 aromatic heterocycles. The lowest BCUT2D eigenvalue weighted by Crippen LogP contribution is -2.27. The van der Waals surface area contributed by atoms with Gasteiger partial charge >= 0.3 is 0 Å². The highest BCUT2D eigenvalue weighted by atomic mass is 16.3. The molecule has 0 heterocycles. The minimum absolute atomic E-state index is 0.291. The van der Waals surface area contributed by atoms with E-state index in [0.717, 1.165) is 0 Å². The zero-order chi connectivity index (χ0) is 11.4. The van der Waals surface area contributed by atoms with Crippen molar-refractivity contribution in [1.82, 2.24) is 5.32 Å². The number of aliphatic hydroxyl groups excluding tert-OH is 1. The Balaban J connectivity index is 2.65. The highest BCUT2D eigenvalue weighted by Gasteiger charge is 2.06. The molecule has 0 saturated carbocycles. The topological polar surface area (TPSA) is 32.3 Å². The summed E-state index contributed by atoms with van der Waals surface area (Å²) in [6.45, 7) is 8.79. The maximum Gasteiger partial charge on any atom is 0.0636 e. The molecule has 2 atom stereocenters. The quantitative estimate of drug-likeness (QED) is 0.794. The number of nitrogens with one attached hydrogen (secondary N) is 1. The smallest absolute Gasteiger partial charge is 0.0636 e. The monoisotopic (exact) mass is 207 g/mol. The van der Waals surface area contributed by atoms with E-state index in [-0.39, 0.29) is 6.10 Å². The van der Waals surface area contributed by atoms with E-state index >= 15 is 0 Å². The lowest BCUT2D eigenvalue weighted by Gasteiger charge is -2.16. The molecule has 1 aromatic carbocycles. The molecule has 0 aliphatic carbocycles. The maximum atomic E-state index is 9.18. The summed E-state index contributed by atoms with van der Waals surface area (Å²) in [5.41, 5.74) is 3.92. The largest absolute Gasteiger partial charge is 0.392 e. The molecule has 1 rings (SSSR count). The fourth-order valence-corrected chi connectivity index (χ4v) is 1.50. The molecule has 2 nitrogen and oxygen atoms in total. The average Bonchev–Trinajstić information content (AvgIpc) is 2.18. The van der Waals surface area contributed by atoms with Crippen molar-refractivity contribution in [3.8, 4) is 0 Å². The van der Waals surface area contributed by atoms with E-state index in [1.807, 2.05) is 0 Å². The van der Waals surface area contributed by atoms with Gasteiger partial charge in [0.25, 0.3) is 0 Å². The summed E-state index contributed by atoms with van der Waals surface area (Å²) in [6, 6.07) is 6.78. The van der Waals surface area contributed by atoms with Crippen LogP contribution in [0.4, 0.5) is 0 Å². The van der Waals surface area contributed by atoms with Crippen molar-refractivity contribution in [2.24, 2.45) is 0 Å². The Kier molecular flexibility index (Phi) is 4.30. The van der Waals surface area contributed by atoms with Crippen molar-refractivity contribution < 1.29 is 5.11 Å². The van der Waals surface area contributed by atoms with Crippen LogP contribution in [0.1, 0.15) is 36.6 Å². The van der Waals surface area contributed by atoms with Crippen LogP contribution in [-0.4, -0.2) is 17.8 Å². The predicted octanol–water partition coefficient (Wildman–Crippen LogP) is 2.33. The van der Waals surface area contributed by atoms with Gasteiger partial charge < -0.3 is 10.4 Å². The van der Waals surface area contributed by atoms with E-state index in [2.05, 4.69) is 44.3 Å². The Hall–Kier alpha value is -0.860. The van der Waals surface area contributed by atoms with Crippen molar-refractivity contribution in [1.29, 1.82) is 0 Å². The molecular weight excluding hydrogens is 186 g/mol. The minimum atomic E-state index is -0.293. The Morgan fingerprint density at radius 3 is 2.40 bits per heavy atom. The van der Waals surface area contributed by atoms with Gasteiger partial charge in [0.1, 0.15) is 0 Å². The predicted molar refractivity (Wildman–Crippen MR) is 64.0 cm³/mol. The molecule has 0 unspecified atom stereocenters. The number of hydrogen-bond donors (Lipinski definition) is 2. The highest BCUT2D eigenvalue weighted by molar-refractivity contribution is 5.31. The van der Waals surface area contributed by atoms with Gasteiger partial charge in [-0.25, -0.2) is 0 Å². The second-order valence-electron chi connectivity index (χ2n) is 4.32. The van der Waals surface area contributed by atoms with Crippen LogP contribution >= 0.6 is 0 Å². The zero-order valence-electron chi connectivity index (χ0n) is 10.0. The van der Waals surface area contributed by atoms with E-state index in [9.17, 15) is 5.11 Å². The summed E-state index contributed by atoms with van der Waals surface area (Å²) in [4.78, 5) is 0. The molecular formula is C13H21NO. The summed E-state index contributed by atoms with van der Waals surface area (Å²) >= 11 is 0. The summed E-state index contributed by atoms with van der Waals surface area (Å²) < 4.78 is 0. The van der Waals surface area contributed by atoms with Gasteiger partial charge in [-0.3, -0.25) is 0 Å². The second-order valence-corrected chi connectivity index (χ2v) is 4.32. The van der Waals surface area contributed by atoms with Gasteiger partial charge in [-0.2, -0.15) is 0 Å². The van der Waals surface area contributed by atoms with Gasteiger partial charge in [0.15, 0.2) is 0 Å². The normalized spacial score (nSPS) is 15.0. The summed E-state index contributed by atoms with van der Waals surface area (Å²) in [7, 11) is 0. The lowest BCUT2D eigenvalue weighted by molar-refractivity contribution is 0.187. The fourth-order valence-electron chi connectivity index (χ4n) is 1.50. The van der Waals surface area contributed by atoms with E-state index in [1.54, 1.807) is 6.92 Å². The van der Waals surface area contributed by atoms with Crippen LogP contribution in [0.25, 0.3) is 0 Å². The third kappa shape index (κ3) is 3.65. The SMILES string of the molecule is Cc1ccc([C@@H](C)NC[C@H](C)O)cc1C. The molecule has 0 fully saturated rings. The molecule has 15 heavy (non-hydrogen) atoms. The van der Waals surface area contributed by atoms with E-state index in [0.29, 0.717) is 12.6 Å².